The van der Waals surface area contributed by atoms with Crippen LogP contribution in [0.5, 0.6) is 5.75 Å². The first-order chi connectivity index (χ1) is 13.7. The number of hydrogen-bond donors (Lipinski definition) is 0. The van der Waals surface area contributed by atoms with Crippen LogP contribution in [0.2, 0.25) is 0 Å². The van der Waals surface area contributed by atoms with E-state index in [-0.39, 0.29) is 11.9 Å². The SMILES string of the molecule is COc1ccc2c(c1)CCN(C(=O)CCc1csc(-c3ccncc3)n1)C2C. The number of pyridine rings is 1. The lowest BCUT2D eigenvalue weighted by Crippen LogP contribution is -2.39. The van der Waals surface area contributed by atoms with Crippen LogP contribution >= 0.6 is 11.3 Å². The van der Waals surface area contributed by atoms with Gasteiger partial charge in [-0.2, -0.15) is 0 Å². The smallest absolute Gasteiger partial charge is 0.223 e. The highest BCUT2D eigenvalue weighted by atomic mass is 32.1. The maximum Gasteiger partial charge on any atom is 0.223 e. The molecular formula is C22H23N3O2S. The molecule has 2 aromatic heterocycles. The van der Waals surface area contributed by atoms with Crippen LogP contribution in [0.25, 0.3) is 10.6 Å². The Labute approximate surface area is 169 Å². The van der Waals surface area contributed by atoms with E-state index in [1.807, 2.05) is 28.5 Å². The molecule has 0 spiro atoms. The third kappa shape index (κ3) is 3.78. The molecule has 0 bridgehead atoms. The number of fused-ring (bicyclic) bond motifs is 1. The number of methoxy groups -OCH3 is 1. The second-order valence-electron chi connectivity index (χ2n) is 6.96. The number of amides is 1. The lowest BCUT2D eigenvalue weighted by atomic mass is 9.93. The molecule has 1 aromatic carbocycles. The van der Waals surface area contributed by atoms with Crippen LogP contribution in [0.3, 0.4) is 0 Å². The van der Waals surface area contributed by atoms with Gasteiger partial charge in [0.15, 0.2) is 0 Å². The molecule has 1 aliphatic heterocycles. The summed E-state index contributed by atoms with van der Waals surface area (Å²) in [5.74, 6) is 1.06. The molecule has 0 fully saturated rings. The van der Waals surface area contributed by atoms with Gasteiger partial charge in [-0.1, -0.05) is 6.07 Å². The zero-order valence-corrected chi connectivity index (χ0v) is 16.9. The molecule has 0 N–H and O–H groups in total. The summed E-state index contributed by atoms with van der Waals surface area (Å²) < 4.78 is 5.32. The highest BCUT2D eigenvalue weighted by Crippen LogP contribution is 2.32. The summed E-state index contributed by atoms with van der Waals surface area (Å²) in [6.45, 7) is 2.85. The van der Waals surface area contributed by atoms with Crippen LogP contribution in [-0.4, -0.2) is 34.4 Å². The van der Waals surface area contributed by atoms with Gasteiger partial charge in [-0.05, 0) is 55.2 Å². The van der Waals surface area contributed by atoms with E-state index < -0.39 is 0 Å². The zero-order valence-electron chi connectivity index (χ0n) is 16.1. The van der Waals surface area contributed by atoms with Gasteiger partial charge in [-0.25, -0.2) is 4.98 Å². The molecule has 1 amide bonds. The normalized spacial score (nSPS) is 15.9. The summed E-state index contributed by atoms with van der Waals surface area (Å²) in [6, 6.07) is 10.1. The lowest BCUT2D eigenvalue weighted by Gasteiger charge is -2.35. The first-order valence-electron chi connectivity index (χ1n) is 9.47. The number of nitrogens with zero attached hydrogens (tertiary/aromatic N) is 3. The Bertz CT molecular complexity index is 971. The molecule has 3 heterocycles. The van der Waals surface area contributed by atoms with Crippen LogP contribution in [0, 0.1) is 0 Å². The van der Waals surface area contributed by atoms with E-state index in [2.05, 4.69) is 29.0 Å². The van der Waals surface area contributed by atoms with Crippen molar-refractivity contribution in [1.82, 2.24) is 14.9 Å². The molecule has 0 aliphatic carbocycles. The van der Waals surface area contributed by atoms with Gasteiger partial charge < -0.3 is 9.64 Å². The predicted octanol–water partition coefficient (Wildman–Crippen LogP) is 4.29. The van der Waals surface area contributed by atoms with Gasteiger partial charge in [0, 0.05) is 36.3 Å². The highest BCUT2D eigenvalue weighted by Gasteiger charge is 2.27. The van der Waals surface area contributed by atoms with E-state index in [4.69, 9.17) is 4.74 Å². The Balaban J connectivity index is 1.40. The number of benzene rings is 1. The Hall–Kier alpha value is -2.73. The fraction of sp³-hybridized carbons (Fsp3) is 0.318. The van der Waals surface area contributed by atoms with E-state index in [1.165, 1.54) is 11.1 Å². The molecule has 144 valence electrons. The fourth-order valence-electron chi connectivity index (χ4n) is 3.70. The Morgan fingerprint density at radius 2 is 2.11 bits per heavy atom. The molecule has 3 aromatic rings. The third-order valence-corrected chi connectivity index (χ3v) is 6.22. The Morgan fingerprint density at radius 1 is 1.29 bits per heavy atom. The minimum atomic E-state index is 0.0879. The van der Waals surface area contributed by atoms with E-state index in [0.29, 0.717) is 12.8 Å². The maximum absolute atomic E-state index is 12.9. The van der Waals surface area contributed by atoms with Crippen LogP contribution in [0.4, 0.5) is 0 Å². The van der Waals surface area contributed by atoms with Gasteiger partial charge in [0.1, 0.15) is 10.8 Å². The average molecular weight is 394 g/mol. The lowest BCUT2D eigenvalue weighted by molar-refractivity contribution is -0.133. The van der Waals surface area contributed by atoms with Crippen LogP contribution < -0.4 is 4.74 Å². The molecule has 1 unspecified atom stereocenters. The number of thiazole rings is 1. The second-order valence-corrected chi connectivity index (χ2v) is 7.82. The number of carbonyl (C=O) groups is 1. The van der Waals surface area contributed by atoms with Gasteiger partial charge in [0.2, 0.25) is 5.91 Å². The highest BCUT2D eigenvalue weighted by molar-refractivity contribution is 7.13. The number of rotatable bonds is 5. The maximum atomic E-state index is 12.9. The standard InChI is InChI=1S/C22H23N3O2S/c1-15-20-5-4-19(27-2)13-17(20)9-12-25(15)21(26)6-3-18-14-28-22(24-18)16-7-10-23-11-8-16/h4-5,7-8,10-11,13-15H,3,6,9,12H2,1-2H3. The average Bonchev–Trinajstić information content (AvgIpc) is 3.22. The summed E-state index contributed by atoms with van der Waals surface area (Å²) in [7, 11) is 1.68. The molecule has 1 aliphatic rings. The monoisotopic (exact) mass is 393 g/mol. The van der Waals surface area contributed by atoms with E-state index in [0.717, 1.165) is 35.0 Å². The number of ether oxygens (including phenoxy) is 1. The number of aryl methyl sites for hydroxylation is 1. The second kappa shape index (κ2) is 8.10. The number of aromatic nitrogens is 2. The molecule has 6 heteroatoms. The topological polar surface area (TPSA) is 55.3 Å². The van der Waals surface area contributed by atoms with Crippen molar-refractivity contribution >= 4 is 17.2 Å². The molecule has 0 saturated carbocycles. The molecular weight excluding hydrogens is 370 g/mol. The Morgan fingerprint density at radius 3 is 2.89 bits per heavy atom. The summed E-state index contributed by atoms with van der Waals surface area (Å²) >= 11 is 1.61. The van der Waals surface area contributed by atoms with E-state index in [1.54, 1.807) is 30.8 Å². The van der Waals surface area contributed by atoms with Crippen molar-refractivity contribution in [2.24, 2.45) is 0 Å². The van der Waals surface area contributed by atoms with Gasteiger partial charge >= 0.3 is 0 Å². The summed E-state index contributed by atoms with van der Waals surface area (Å²) in [4.78, 5) is 23.6. The number of carbonyl (C=O) groups excluding carboxylic acids is 1. The molecule has 1 atom stereocenters. The molecule has 5 nitrogen and oxygen atoms in total. The molecule has 0 saturated heterocycles. The quantitative estimate of drug-likeness (QED) is 0.649. The van der Waals surface area contributed by atoms with Crippen LogP contribution in [-0.2, 0) is 17.6 Å². The summed E-state index contributed by atoms with van der Waals surface area (Å²) in [5.41, 5.74) is 4.53. The van der Waals surface area contributed by atoms with Crippen molar-refractivity contribution in [1.29, 1.82) is 0 Å². The minimum Gasteiger partial charge on any atom is -0.497 e. The molecule has 28 heavy (non-hydrogen) atoms. The molecule has 4 rings (SSSR count). The van der Waals surface area contributed by atoms with Gasteiger partial charge in [-0.3, -0.25) is 9.78 Å². The fourth-order valence-corrected chi connectivity index (χ4v) is 4.56. The van der Waals surface area contributed by atoms with Crippen LogP contribution in [0.1, 0.15) is 36.2 Å². The Kier molecular flexibility index (Phi) is 5.39. The first kappa shape index (κ1) is 18.6. The summed E-state index contributed by atoms with van der Waals surface area (Å²) in [5, 5.41) is 3.02. The summed E-state index contributed by atoms with van der Waals surface area (Å²) in [6.07, 6.45) is 5.55. The van der Waals surface area contributed by atoms with Crippen LogP contribution in [0.15, 0.2) is 48.1 Å². The first-order valence-corrected chi connectivity index (χ1v) is 10.3. The third-order valence-electron chi connectivity index (χ3n) is 5.28. The zero-order chi connectivity index (χ0) is 19.5. The van der Waals surface area contributed by atoms with Gasteiger partial charge in [0.25, 0.3) is 0 Å². The largest absolute Gasteiger partial charge is 0.497 e. The van der Waals surface area contributed by atoms with Crippen molar-refractivity contribution in [3.05, 3.63) is 64.9 Å². The number of hydrogen-bond acceptors (Lipinski definition) is 5. The van der Waals surface area contributed by atoms with E-state index >= 15 is 0 Å². The van der Waals surface area contributed by atoms with Gasteiger partial charge in [0.05, 0.1) is 18.8 Å². The van der Waals surface area contributed by atoms with Gasteiger partial charge in [-0.15, -0.1) is 11.3 Å². The minimum absolute atomic E-state index is 0.0879. The van der Waals surface area contributed by atoms with Crippen molar-refractivity contribution < 1.29 is 9.53 Å². The van der Waals surface area contributed by atoms with E-state index in [9.17, 15) is 4.79 Å². The van der Waals surface area contributed by atoms with Crippen molar-refractivity contribution in [3.63, 3.8) is 0 Å². The van der Waals surface area contributed by atoms with Crippen molar-refractivity contribution in [2.75, 3.05) is 13.7 Å². The van der Waals surface area contributed by atoms with Crippen molar-refractivity contribution in [2.45, 2.75) is 32.2 Å². The van der Waals surface area contributed by atoms with Crippen molar-refractivity contribution in [3.8, 4) is 16.3 Å². The molecule has 0 radical (unpaired) electrons. The predicted molar refractivity (Wildman–Crippen MR) is 110 cm³/mol.